The molecule has 0 aliphatic rings. The molecule has 0 heterocycles. The third-order valence-electron chi connectivity index (χ3n) is 2.70. The van der Waals surface area contributed by atoms with Gasteiger partial charge >= 0.3 is 0 Å². The van der Waals surface area contributed by atoms with Crippen molar-refractivity contribution in [2.75, 3.05) is 7.11 Å². The van der Waals surface area contributed by atoms with Crippen LogP contribution in [0.1, 0.15) is 11.1 Å². The van der Waals surface area contributed by atoms with Gasteiger partial charge in [-0.25, -0.2) is 0 Å². The molecule has 0 aliphatic carbocycles. The maximum Gasteiger partial charge on any atom is 0.106 e. The summed E-state index contributed by atoms with van der Waals surface area (Å²) in [7, 11) is 1.55. The highest BCUT2D eigenvalue weighted by Gasteiger charge is 2.05. The Labute approximate surface area is 102 Å². The van der Waals surface area contributed by atoms with Crippen LogP contribution in [0.5, 0.6) is 0 Å². The Kier molecular flexibility index (Phi) is 3.55. The lowest BCUT2D eigenvalue weighted by Crippen LogP contribution is -1.92. The van der Waals surface area contributed by atoms with Gasteiger partial charge in [-0.3, -0.25) is 0 Å². The van der Waals surface area contributed by atoms with E-state index in [0.717, 1.165) is 5.56 Å². The lowest BCUT2D eigenvalue weighted by molar-refractivity contribution is 0.215. The van der Waals surface area contributed by atoms with Crippen LogP contribution in [0.15, 0.2) is 53.7 Å². The summed E-state index contributed by atoms with van der Waals surface area (Å²) in [6, 6.07) is 16.5. The van der Waals surface area contributed by atoms with Crippen molar-refractivity contribution in [3.05, 3.63) is 59.7 Å². The van der Waals surface area contributed by atoms with Crippen molar-refractivity contribution in [3.8, 4) is 11.1 Å². The number of hydrogen-bond donors (Lipinski definition) is 0. The second-order valence-corrected chi connectivity index (χ2v) is 3.82. The molecule has 17 heavy (non-hydrogen) atoms. The molecule has 86 valence electrons. The number of rotatable bonds is 3. The highest BCUT2D eigenvalue weighted by molar-refractivity contribution is 5.91. The van der Waals surface area contributed by atoms with Gasteiger partial charge in [0.1, 0.15) is 7.11 Å². The monoisotopic (exact) mass is 225 g/mol. The normalized spacial score (nSPS) is 10.7. The maximum absolute atomic E-state index is 4.76. The van der Waals surface area contributed by atoms with Gasteiger partial charge in [-0.15, -0.1) is 0 Å². The Bertz CT molecular complexity index is 518. The van der Waals surface area contributed by atoms with E-state index in [0.29, 0.717) is 0 Å². The molecule has 0 aliphatic heterocycles. The Morgan fingerprint density at radius 1 is 1.00 bits per heavy atom. The van der Waals surface area contributed by atoms with Gasteiger partial charge in [0.15, 0.2) is 0 Å². The van der Waals surface area contributed by atoms with Crippen LogP contribution in [0.2, 0.25) is 0 Å². The molecule has 2 rings (SSSR count). The van der Waals surface area contributed by atoms with E-state index in [1.807, 2.05) is 18.2 Å². The summed E-state index contributed by atoms with van der Waals surface area (Å²) < 4.78 is 0. The molecule has 0 amide bonds. The summed E-state index contributed by atoms with van der Waals surface area (Å²) in [5.74, 6) is 0. The molecule has 2 nitrogen and oxygen atoms in total. The molecule has 0 saturated heterocycles. The van der Waals surface area contributed by atoms with Crippen molar-refractivity contribution in [3.63, 3.8) is 0 Å². The van der Waals surface area contributed by atoms with Gasteiger partial charge in [0.2, 0.25) is 0 Å². The second-order valence-electron chi connectivity index (χ2n) is 3.82. The van der Waals surface area contributed by atoms with E-state index < -0.39 is 0 Å². The average Bonchev–Trinajstić information content (AvgIpc) is 2.38. The zero-order chi connectivity index (χ0) is 12.1. The van der Waals surface area contributed by atoms with E-state index in [1.54, 1.807) is 13.3 Å². The number of aryl methyl sites for hydroxylation is 1. The Balaban J connectivity index is 2.54. The topological polar surface area (TPSA) is 21.6 Å². The zero-order valence-corrected chi connectivity index (χ0v) is 10.1. The van der Waals surface area contributed by atoms with Crippen molar-refractivity contribution in [1.82, 2.24) is 0 Å². The summed E-state index contributed by atoms with van der Waals surface area (Å²) in [6.07, 6.45) is 1.76. The minimum atomic E-state index is 1.10. The fourth-order valence-electron chi connectivity index (χ4n) is 1.83. The van der Waals surface area contributed by atoms with Crippen molar-refractivity contribution < 1.29 is 4.84 Å². The third kappa shape index (κ3) is 2.53. The number of nitrogens with zero attached hydrogens (tertiary/aromatic N) is 1. The van der Waals surface area contributed by atoms with Gasteiger partial charge in [-0.05, 0) is 23.6 Å². The molecule has 0 spiro atoms. The first kappa shape index (κ1) is 11.4. The van der Waals surface area contributed by atoms with Crippen LogP contribution in [-0.4, -0.2) is 13.3 Å². The van der Waals surface area contributed by atoms with Crippen LogP contribution < -0.4 is 0 Å². The number of hydrogen-bond acceptors (Lipinski definition) is 2. The van der Waals surface area contributed by atoms with Crippen LogP contribution in [0.3, 0.4) is 0 Å². The van der Waals surface area contributed by atoms with E-state index in [1.165, 1.54) is 16.7 Å². The molecule has 0 bridgehead atoms. The first-order valence-corrected chi connectivity index (χ1v) is 5.54. The summed E-state index contributed by atoms with van der Waals surface area (Å²) in [5.41, 5.74) is 4.65. The van der Waals surface area contributed by atoms with Crippen molar-refractivity contribution in [1.29, 1.82) is 0 Å². The second kappa shape index (κ2) is 5.30. The molecule has 0 radical (unpaired) electrons. The Morgan fingerprint density at radius 3 is 2.47 bits per heavy atom. The fourth-order valence-corrected chi connectivity index (χ4v) is 1.83. The van der Waals surface area contributed by atoms with Crippen LogP contribution in [0, 0.1) is 6.92 Å². The fraction of sp³-hybridized carbons (Fsp3) is 0.133. The molecule has 0 atom stereocenters. The highest BCUT2D eigenvalue weighted by atomic mass is 16.6. The van der Waals surface area contributed by atoms with E-state index in [4.69, 9.17) is 4.84 Å². The van der Waals surface area contributed by atoms with E-state index in [9.17, 15) is 0 Å². The maximum atomic E-state index is 4.76. The first-order chi connectivity index (χ1) is 8.33. The largest absolute Gasteiger partial charge is 0.399 e. The summed E-state index contributed by atoms with van der Waals surface area (Å²) in [5, 5.41) is 3.86. The molecule has 2 heteroatoms. The predicted molar refractivity (Wildman–Crippen MR) is 71.2 cm³/mol. The van der Waals surface area contributed by atoms with Gasteiger partial charge < -0.3 is 4.84 Å². The summed E-state index contributed by atoms with van der Waals surface area (Å²) >= 11 is 0. The molecule has 0 aromatic heterocycles. The summed E-state index contributed by atoms with van der Waals surface area (Å²) in [6.45, 7) is 2.07. The standard InChI is InChI=1S/C15H15NO/c1-12-7-6-10-14(15(12)11-16-17-2)13-8-4-3-5-9-13/h3-11H,1-2H3/b16-11+. The quantitative estimate of drug-likeness (QED) is 0.577. The van der Waals surface area contributed by atoms with Crippen molar-refractivity contribution in [2.24, 2.45) is 5.16 Å². The molecule has 0 unspecified atom stereocenters. The van der Waals surface area contributed by atoms with Crippen LogP contribution in [-0.2, 0) is 4.84 Å². The zero-order valence-electron chi connectivity index (χ0n) is 10.1. The summed E-state index contributed by atoms with van der Waals surface area (Å²) in [4.78, 5) is 4.76. The van der Waals surface area contributed by atoms with E-state index in [2.05, 4.69) is 42.4 Å². The van der Waals surface area contributed by atoms with Crippen LogP contribution in [0.25, 0.3) is 11.1 Å². The smallest absolute Gasteiger partial charge is 0.106 e. The molecule has 2 aromatic carbocycles. The SMILES string of the molecule is CO/N=C/c1c(C)cccc1-c1ccccc1. The van der Waals surface area contributed by atoms with Gasteiger partial charge in [-0.2, -0.15) is 0 Å². The first-order valence-electron chi connectivity index (χ1n) is 5.54. The van der Waals surface area contributed by atoms with Crippen LogP contribution in [0.4, 0.5) is 0 Å². The van der Waals surface area contributed by atoms with Crippen molar-refractivity contribution in [2.45, 2.75) is 6.92 Å². The molecule has 2 aromatic rings. The number of oxime groups is 1. The molecule has 0 N–H and O–H groups in total. The van der Waals surface area contributed by atoms with E-state index >= 15 is 0 Å². The van der Waals surface area contributed by atoms with E-state index in [-0.39, 0.29) is 0 Å². The van der Waals surface area contributed by atoms with Crippen molar-refractivity contribution >= 4 is 6.21 Å². The van der Waals surface area contributed by atoms with Gasteiger partial charge in [-0.1, -0.05) is 53.7 Å². The Hall–Kier alpha value is -2.09. The van der Waals surface area contributed by atoms with Crippen LogP contribution >= 0.6 is 0 Å². The number of benzene rings is 2. The van der Waals surface area contributed by atoms with Gasteiger partial charge in [0, 0.05) is 5.56 Å². The molecular formula is C15H15NO. The minimum Gasteiger partial charge on any atom is -0.399 e. The lowest BCUT2D eigenvalue weighted by atomic mass is 9.97. The molecular weight excluding hydrogens is 210 g/mol. The lowest BCUT2D eigenvalue weighted by Gasteiger charge is -2.08. The minimum absolute atomic E-state index is 1.10. The predicted octanol–water partition coefficient (Wildman–Crippen LogP) is 3.64. The van der Waals surface area contributed by atoms with Gasteiger partial charge in [0.25, 0.3) is 0 Å². The van der Waals surface area contributed by atoms with Gasteiger partial charge in [0.05, 0.1) is 6.21 Å². The average molecular weight is 225 g/mol. The highest BCUT2D eigenvalue weighted by Crippen LogP contribution is 2.24. The third-order valence-corrected chi connectivity index (χ3v) is 2.70. The molecule has 0 fully saturated rings. The molecule has 0 saturated carbocycles. The Morgan fingerprint density at radius 2 is 1.76 bits per heavy atom.